The van der Waals surface area contributed by atoms with Gasteiger partial charge in [0.15, 0.2) is 0 Å². The third-order valence-electron chi connectivity index (χ3n) is 5.17. The predicted octanol–water partition coefficient (Wildman–Crippen LogP) is 0.132. The molecule has 6 nitrogen and oxygen atoms in total. The molecule has 2 saturated heterocycles. The van der Waals surface area contributed by atoms with Gasteiger partial charge in [-0.3, -0.25) is 4.79 Å². The fourth-order valence-corrected chi connectivity index (χ4v) is 3.86. The van der Waals surface area contributed by atoms with Crippen molar-refractivity contribution in [3.05, 3.63) is 0 Å². The minimum absolute atomic E-state index is 0.00769. The van der Waals surface area contributed by atoms with E-state index in [2.05, 4.69) is 5.32 Å². The first-order valence-electron chi connectivity index (χ1n) is 7.70. The Morgan fingerprint density at radius 2 is 2.05 bits per heavy atom. The maximum Gasteiger partial charge on any atom is 0.317 e. The molecule has 1 atom stereocenters. The Hall–Kier alpha value is -1.30. The normalized spacial score (nSPS) is 29.1. The van der Waals surface area contributed by atoms with Crippen molar-refractivity contribution in [2.75, 3.05) is 32.7 Å². The van der Waals surface area contributed by atoms with Gasteiger partial charge in [0.25, 0.3) is 0 Å². The van der Waals surface area contributed by atoms with Crippen LogP contribution < -0.4 is 11.1 Å². The lowest BCUT2D eigenvalue weighted by molar-refractivity contribution is -0.145. The number of nitrogens with two attached hydrogens (primary N) is 1. The van der Waals surface area contributed by atoms with Gasteiger partial charge in [-0.05, 0) is 12.8 Å². The van der Waals surface area contributed by atoms with E-state index in [1.165, 1.54) is 6.42 Å². The number of rotatable bonds is 2. The molecule has 112 valence electrons. The molecule has 1 unspecified atom stereocenters. The van der Waals surface area contributed by atoms with E-state index in [0.29, 0.717) is 32.7 Å². The molecule has 2 heterocycles. The second kappa shape index (κ2) is 5.24. The average molecular weight is 280 g/mol. The van der Waals surface area contributed by atoms with Crippen LogP contribution in [0.5, 0.6) is 0 Å². The summed E-state index contributed by atoms with van der Waals surface area (Å²) in [6.45, 7) is 3.04. The molecule has 3 rings (SSSR count). The molecule has 0 bridgehead atoms. The minimum atomic E-state index is -0.337. The van der Waals surface area contributed by atoms with Crippen molar-refractivity contribution < 1.29 is 9.59 Å². The Morgan fingerprint density at radius 1 is 1.30 bits per heavy atom. The first-order chi connectivity index (χ1) is 9.66. The van der Waals surface area contributed by atoms with Crippen LogP contribution in [-0.2, 0) is 4.79 Å². The summed E-state index contributed by atoms with van der Waals surface area (Å²) in [6, 6.07) is 0.145. The number of urea groups is 1. The first kappa shape index (κ1) is 13.7. The number of nitrogens with one attached hydrogen (secondary N) is 1. The molecule has 0 aromatic carbocycles. The molecule has 1 saturated carbocycles. The molecule has 3 fully saturated rings. The maximum absolute atomic E-state index is 12.9. The topological polar surface area (TPSA) is 78.7 Å². The average Bonchev–Trinajstić information content (AvgIpc) is 2.88. The zero-order valence-corrected chi connectivity index (χ0v) is 11.9. The van der Waals surface area contributed by atoms with Gasteiger partial charge in [-0.15, -0.1) is 0 Å². The summed E-state index contributed by atoms with van der Waals surface area (Å²) >= 11 is 0. The molecule has 1 aliphatic carbocycles. The van der Waals surface area contributed by atoms with Gasteiger partial charge in [-0.25, -0.2) is 4.79 Å². The molecule has 3 N–H and O–H groups in total. The first-order valence-corrected chi connectivity index (χ1v) is 7.70. The summed E-state index contributed by atoms with van der Waals surface area (Å²) in [4.78, 5) is 28.3. The summed E-state index contributed by atoms with van der Waals surface area (Å²) in [5.74, 6) is 0.221. The number of hydrogen-bond donors (Lipinski definition) is 2. The van der Waals surface area contributed by atoms with Crippen molar-refractivity contribution in [1.29, 1.82) is 0 Å². The molecule has 2 aliphatic heterocycles. The highest BCUT2D eigenvalue weighted by Crippen LogP contribution is 2.37. The standard InChI is InChI=1S/C14H24N4O2/c15-10-14(4-2-1-3-5-14)12(19)17-6-7-18-11(9-17)8-16-13(18)20/h11H,1-10,15H2,(H,16,20). The second-order valence-electron chi connectivity index (χ2n) is 6.33. The van der Waals surface area contributed by atoms with Gasteiger partial charge < -0.3 is 20.9 Å². The van der Waals surface area contributed by atoms with E-state index in [1.54, 1.807) is 0 Å². The van der Waals surface area contributed by atoms with E-state index in [0.717, 1.165) is 25.7 Å². The number of carbonyl (C=O) groups is 2. The van der Waals surface area contributed by atoms with Gasteiger partial charge in [-0.1, -0.05) is 19.3 Å². The monoisotopic (exact) mass is 280 g/mol. The van der Waals surface area contributed by atoms with Crippen molar-refractivity contribution >= 4 is 11.9 Å². The summed E-state index contributed by atoms with van der Waals surface area (Å²) < 4.78 is 0. The fraction of sp³-hybridized carbons (Fsp3) is 0.857. The number of piperazine rings is 1. The van der Waals surface area contributed by atoms with Crippen molar-refractivity contribution in [1.82, 2.24) is 15.1 Å². The third-order valence-corrected chi connectivity index (χ3v) is 5.17. The van der Waals surface area contributed by atoms with E-state index in [1.807, 2.05) is 9.80 Å². The smallest absolute Gasteiger partial charge is 0.317 e. The number of hydrogen-bond acceptors (Lipinski definition) is 3. The maximum atomic E-state index is 12.9. The third kappa shape index (κ3) is 2.16. The van der Waals surface area contributed by atoms with Crippen molar-refractivity contribution in [2.45, 2.75) is 38.1 Å². The molecule has 20 heavy (non-hydrogen) atoms. The van der Waals surface area contributed by atoms with Gasteiger partial charge in [0.2, 0.25) is 5.91 Å². The second-order valence-corrected chi connectivity index (χ2v) is 6.33. The van der Waals surface area contributed by atoms with Crippen molar-refractivity contribution in [3.63, 3.8) is 0 Å². The largest absolute Gasteiger partial charge is 0.338 e. The van der Waals surface area contributed by atoms with Crippen LogP contribution in [-0.4, -0.2) is 60.5 Å². The van der Waals surface area contributed by atoms with Gasteiger partial charge >= 0.3 is 6.03 Å². The Balaban J connectivity index is 1.69. The fourth-order valence-electron chi connectivity index (χ4n) is 3.86. The molecule has 6 heteroatoms. The molecule has 0 spiro atoms. The lowest BCUT2D eigenvalue weighted by Crippen LogP contribution is -2.58. The zero-order chi connectivity index (χ0) is 14.2. The highest BCUT2D eigenvalue weighted by molar-refractivity contribution is 5.84. The van der Waals surface area contributed by atoms with Crippen LogP contribution in [0.25, 0.3) is 0 Å². The summed E-state index contributed by atoms with van der Waals surface area (Å²) in [6.07, 6.45) is 5.26. The lowest BCUT2D eigenvalue weighted by atomic mass is 9.73. The van der Waals surface area contributed by atoms with Gasteiger partial charge in [0.1, 0.15) is 0 Å². The van der Waals surface area contributed by atoms with E-state index in [-0.39, 0.29) is 23.4 Å². The quantitative estimate of drug-likeness (QED) is 0.755. The number of amides is 3. The number of fused-ring (bicyclic) bond motifs is 1. The number of carbonyl (C=O) groups excluding carboxylic acids is 2. The highest BCUT2D eigenvalue weighted by atomic mass is 16.2. The predicted molar refractivity (Wildman–Crippen MR) is 75.0 cm³/mol. The van der Waals surface area contributed by atoms with Crippen molar-refractivity contribution in [2.24, 2.45) is 11.1 Å². The van der Waals surface area contributed by atoms with E-state index >= 15 is 0 Å². The minimum Gasteiger partial charge on any atom is -0.338 e. The molecule has 3 amide bonds. The van der Waals surface area contributed by atoms with Crippen LogP contribution in [0.4, 0.5) is 4.79 Å². The molecule has 3 aliphatic rings. The number of nitrogens with zero attached hydrogens (tertiary/aromatic N) is 2. The summed E-state index contributed by atoms with van der Waals surface area (Å²) in [5.41, 5.74) is 5.61. The molecule has 0 aromatic rings. The Labute approximate surface area is 119 Å². The van der Waals surface area contributed by atoms with E-state index < -0.39 is 0 Å². The highest BCUT2D eigenvalue weighted by Gasteiger charge is 2.44. The van der Waals surface area contributed by atoms with Crippen LogP contribution in [0.15, 0.2) is 0 Å². The Kier molecular flexibility index (Phi) is 3.58. The molecule has 0 radical (unpaired) electrons. The van der Waals surface area contributed by atoms with E-state index in [9.17, 15) is 9.59 Å². The SMILES string of the molecule is NCC1(C(=O)N2CCN3C(=O)NCC3C2)CCCCC1. The molecule has 0 aromatic heterocycles. The zero-order valence-electron chi connectivity index (χ0n) is 11.9. The van der Waals surface area contributed by atoms with Gasteiger partial charge in [0, 0.05) is 32.7 Å². The molecular weight excluding hydrogens is 256 g/mol. The van der Waals surface area contributed by atoms with Crippen LogP contribution in [0, 0.1) is 5.41 Å². The van der Waals surface area contributed by atoms with Gasteiger partial charge in [-0.2, -0.15) is 0 Å². The molecular formula is C14H24N4O2. The van der Waals surface area contributed by atoms with Crippen LogP contribution in [0.2, 0.25) is 0 Å². The van der Waals surface area contributed by atoms with E-state index in [4.69, 9.17) is 5.73 Å². The Morgan fingerprint density at radius 3 is 2.75 bits per heavy atom. The summed E-state index contributed by atoms with van der Waals surface area (Å²) in [5, 5.41) is 2.85. The Bertz CT molecular complexity index is 406. The summed E-state index contributed by atoms with van der Waals surface area (Å²) in [7, 11) is 0. The van der Waals surface area contributed by atoms with Crippen molar-refractivity contribution in [3.8, 4) is 0 Å². The van der Waals surface area contributed by atoms with Crippen LogP contribution in [0.3, 0.4) is 0 Å². The van der Waals surface area contributed by atoms with Crippen LogP contribution >= 0.6 is 0 Å². The van der Waals surface area contributed by atoms with Gasteiger partial charge in [0.05, 0.1) is 11.5 Å². The lowest BCUT2D eigenvalue weighted by Gasteiger charge is -2.43. The van der Waals surface area contributed by atoms with Crippen LogP contribution in [0.1, 0.15) is 32.1 Å².